The van der Waals surface area contributed by atoms with Gasteiger partial charge in [-0.1, -0.05) is 11.6 Å². The number of likely N-dealkylation sites (N-methyl/N-ethyl adjacent to an activating group) is 1. The summed E-state index contributed by atoms with van der Waals surface area (Å²) in [5, 5.41) is 6.02. The van der Waals surface area contributed by atoms with E-state index in [9.17, 15) is 4.79 Å². The molecular formula is C9H12ClN3O. The van der Waals surface area contributed by atoms with Crippen molar-refractivity contribution in [2.45, 2.75) is 13.0 Å². The molecule has 0 saturated carbocycles. The van der Waals surface area contributed by atoms with Crippen molar-refractivity contribution in [3.8, 4) is 0 Å². The first-order valence-corrected chi connectivity index (χ1v) is 4.60. The SMILES string of the molecule is CNC(=O)C(C)Nc1ccncc1Cl. The number of anilines is 1. The third kappa shape index (κ3) is 2.60. The Morgan fingerprint density at radius 2 is 2.36 bits per heavy atom. The summed E-state index contributed by atoms with van der Waals surface area (Å²) < 4.78 is 0. The lowest BCUT2D eigenvalue weighted by atomic mass is 10.3. The van der Waals surface area contributed by atoms with E-state index in [1.54, 1.807) is 26.2 Å². The minimum absolute atomic E-state index is 0.0853. The second kappa shape index (κ2) is 4.81. The van der Waals surface area contributed by atoms with Crippen molar-refractivity contribution in [2.24, 2.45) is 0 Å². The zero-order chi connectivity index (χ0) is 10.6. The van der Waals surface area contributed by atoms with Crippen LogP contribution < -0.4 is 10.6 Å². The van der Waals surface area contributed by atoms with Gasteiger partial charge in [-0.3, -0.25) is 9.78 Å². The molecule has 76 valence electrons. The number of nitrogens with one attached hydrogen (secondary N) is 2. The zero-order valence-electron chi connectivity index (χ0n) is 8.04. The number of halogens is 1. The summed E-state index contributed by atoms with van der Waals surface area (Å²) in [5.74, 6) is -0.0853. The molecule has 4 nitrogen and oxygen atoms in total. The number of aromatic nitrogens is 1. The number of carbonyl (C=O) groups is 1. The molecule has 1 heterocycles. The van der Waals surface area contributed by atoms with Crippen LogP contribution in [-0.4, -0.2) is 24.0 Å². The number of carbonyl (C=O) groups excluding carboxylic acids is 1. The number of hydrogen-bond donors (Lipinski definition) is 2. The first kappa shape index (κ1) is 10.8. The fraction of sp³-hybridized carbons (Fsp3) is 0.333. The van der Waals surface area contributed by atoms with Gasteiger partial charge in [0.1, 0.15) is 6.04 Å². The van der Waals surface area contributed by atoms with Gasteiger partial charge in [0.25, 0.3) is 0 Å². The van der Waals surface area contributed by atoms with Crippen molar-refractivity contribution >= 4 is 23.2 Å². The van der Waals surface area contributed by atoms with Crippen molar-refractivity contribution in [2.75, 3.05) is 12.4 Å². The molecule has 1 amide bonds. The summed E-state index contributed by atoms with van der Waals surface area (Å²) in [6, 6.07) is 1.40. The molecule has 2 N–H and O–H groups in total. The molecule has 0 aliphatic carbocycles. The summed E-state index contributed by atoms with van der Waals surface area (Å²) in [6.45, 7) is 1.76. The Morgan fingerprint density at radius 1 is 1.64 bits per heavy atom. The predicted octanol–water partition coefficient (Wildman–Crippen LogP) is 1.28. The van der Waals surface area contributed by atoms with Crippen molar-refractivity contribution in [3.63, 3.8) is 0 Å². The van der Waals surface area contributed by atoms with Crippen LogP contribution in [0, 0.1) is 0 Å². The van der Waals surface area contributed by atoms with Crippen LogP contribution in [0.1, 0.15) is 6.92 Å². The average molecular weight is 214 g/mol. The Balaban J connectivity index is 2.69. The maximum absolute atomic E-state index is 11.2. The molecule has 0 spiro atoms. The van der Waals surface area contributed by atoms with Crippen LogP contribution in [-0.2, 0) is 4.79 Å². The molecule has 14 heavy (non-hydrogen) atoms. The highest BCUT2D eigenvalue weighted by atomic mass is 35.5. The minimum atomic E-state index is -0.320. The van der Waals surface area contributed by atoms with Crippen LogP contribution >= 0.6 is 11.6 Å². The number of rotatable bonds is 3. The zero-order valence-corrected chi connectivity index (χ0v) is 8.80. The van der Waals surface area contributed by atoms with Crippen molar-refractivity contribution in [1.82, 2.24) is 10.3 Å². The Hall–Kier alpha value is -1.29. The average Bonchev–Trinajstić information content (AvgIpc) is 2.20. The van der Waals surface area contributed by atoms with Gasteiger partial charge in [-0.25, -0.2) is 0 Å². The third-order valence-electron chi connectivity index (χ3n) is 1.78. The molecule has 0 fully saturated rings. The van der Waals surface area contributed by atoms with E-state index in [1.165, 1.54) is 6.20 Å². The topological polar surface area (TPSA) is 54.0 Å². The molecule has 0 radical (unpaired) electrons. The highest BCUT2D eigenvalue weighted by molar-refractivity contribution is 6.33. The Morgan fingerprint density at radius 3 is 2.93 bits per heavy atom. The van der Waals surface area contributed by atoms with E-state index in [0.29, 0.717) is 10.7 Å². The molecule has 1 atom stereocenters. The highest BCUT2D eigenvalue weighted by Gasteiger charge is 2.11. The Labute approximate surface area is 87.7 Å². The van der Waals surface area contributed by atoms with Crippen LogP contribution in [0.3, 0.4) is 0 Å². The van der Waals surface area contributed by atoms with Crippen LogP contribution in [0.4, 0.5) is 5.69 Å². The normalized spacial score (nSPS) is 11.9. The van der Waals surface area contributed by atoms with Gasteiger partial charge in [0.05, 0.1) is 10.7 Å². The van der Waals surface area contributed by atoms with Gasteiger partial charge < -0.3 is 10.6 Å². The second-order valence-corrected chi connectivity index (χ2v) is 3.24. The van der Waals surface area contributed by atoms with Crippen LogP contribution in [0.2, 0.25) is 5.02 Å². The van der Waals surface area contributed by atoms with Gasteiger partial charge in [0.2, 0.25) is 5.91 Å². The molecule has 1 aromatic heterocycles. The van der Waals surface area contributed by atoms with E-state index in [0.717, 1.165) is 0 Å². The lowest BCUT2D eigenvalue weighted by Crippen LogP contribution is -2.35. The maximum atomic E-state index is 11.2. The van der Waals surface area contributed by atoms with Gasteiger partial charge in [-0.05, 0) is 13.0 Å². The van der Waals surface area contributed by atoms with E-state index >= 15 is 0 Å². The molecule has 0 aromatic carbocycles. The quantitative estimate of drug-likeness (QED) is 0.796. The third-order valence-corrected chi connectivity index (χ3v) is 2.09. The van der Waals surface area contributed by atoms with Gasteiger partial charge >= 0.3 is 0 Å². The molecule has 0 aliphatic heterocycles. The van der Waals surface area contributed by atoms with Gasteiger partial charge in [0.15, 0.2) is 0 Å². The van der Waals surface area contributed by atoms with Gasteiger partial charge in [-0.2, -0.15) is 0 Å². The molecule has 0 aliphatic rings. The minimum Gasteiger partial charge on any atom is -0.373 e. The standard InChI is InChI=1S/C9H12ClN3O/c1-6(9(14)11-2)13-8-3-4-12-5-7(8)10/h3-6H,1-2H3,(H,11,14)(H,12,13). The van der Waals surface area contributed by atoms with Crippen molar-refractivity contribution in [1.29, 1.82) is 0 Å². The van der Waals surface area contributed by atoms with Gasteiger partial charge in [-0.15, -0.1) is 0 Å². The van der Waals surface area contributed by atoms with Crippen LogP contribution in [0.5, 0.6) is 0 Å². The maximum Gasteiger partial charge on any atom is 0.241 e. The lowest BCUT2D eigenvalue weighted by Gasteiger charge is -2.14. The first-order chi connectivity index (χ1) is 6.65. The Kier molecular flexibility index (Phi) is 3.71. The molecule has 5 heteroatoms. The van der Waals surface area contributed by atoms with Crippen molar-refractivity contribution < 1.29 is 4.79 Å². The largest absolute Gasteiger partial charge is 0.373 e. The fourth-order valence-electron chi connectivity index (χ4n) is 1.01. The van der Waals surface area contributed by atoms with E-state index in [2.05, 4.69) is 15.6 Å². The van der Waals surface area contributed by atoms with Crippen LogP contribution in [0.25, 0.3) is 0 Å². The summed E-state index contributed by atoms with van der Waals surface area (Å²) in [6.07, 6.45) is 3.14. The number of hydrogen-bond acceptors (Lipinski definition) is 3. The predicted molar refractivity (Wildman–Crippen MR) is 56.4 cm³/mol. The molecule has 0 bridgehead atoms. The summed E-state index contributed by atoms with van der Waals surface area (Å²) in [5.41, 5.74) is 0.706. The molecule has 1 rings (SSSR count). The number of pyridine rings is 1. The lowest BCUT2D eigenvalue weighted by molar-refractivity contribution is -0.121. The van der Waals surface area contributed by atoms with Crippen molar-refractivity contribution in [3.05, 3.63) is 23.5 Å². The molecule has 1 unspecified atom stereocenters. The van der Waals surface area contributed by atoms with E-state index in [4.69, 9.17) is 11.6 Å². The fourth-order valence-corrected chi connectivity index (χ4v) is 1.18. The van der Waals surface area contributed by atoms with Crippen LogP contribution in [0.15, 0.2) is 18.5 Å². The van der Waals surface area contributed by atoms with Gasteiger partial charge in [0, 0.05) is 19.4 Å². The first-order valence-electron chi connectivity index (χ1n) is 4.22. The molecular weight excluding hydrogens is 202 g/mol. The Bertz CT molecular complexity index is 330. The summed E-state index contributed by atoms with van der Waals surface area (Å²) >= 11 is 5.86. The van der Waals surface area contributed by atoms with E-state index in [1.807, 2.05) is 0 Å². The smallest absolute Gasteiger partial charge is 0.241 e. The van der Waals surface area contributed by atoms with E-state index < -0.39 is 0 Å². The monoisotopic (exact) mass is 213 g/mol. The second-order valence-electron chi connectivity index (χ2n) is 2.84. The summed E-state index contributed by atoms with van der Waals surface area (Å²) in [7, 11) is 1.59. The molecule has 1 aromatic rings. The highest BCUT2D eigenvalue weighted by Crippen LogP contribution is 2.19. The summed E-state index contributed by atoms with van der Waals surface area (Å²) in [4.78, 5) is 15.0. The number of amides is 1. The molecule has 0 saturated heterocycles. The number of nitrogens with zero attached hydrogens (tertiary/aromatic N) is 1. The van der Waals surface area contributed by atoms with E-state index in [-0.39, 0.29) is 11.9 Å².